The molecule has 0 aliphatic carbocycles. The van der Waals surface area contributed by atoms with Gasteiger partial charge in [-0.15, -0.1) is 0 Å². The molecule has 6 heterocycles. The van der Waals surface area contributed by atoms with E-state index in [2.05, 4.69) is 514 Å². The summed E-state index contributed by atoms with van der Waals surface area (Å²) in [4.78, 5) is 7.25. The van der Waals surface area contributed by atoms with Crippen LogP contribution in [0.4, 0.5) is 51.2 Å². The Kier molecular flexibility index (Phi) is 19.9. The second kappa shape index (κ2) is 33.3. The Morgan fingerprint density at radius 2 is 0.395 bits per heavy atom. The maximum absolute atomic E-state index is 2.45. The molecule has 608 valence electrons. The fourth-order valence-corrected chi connectivity index (χ4v) is 26.1. The van der Waals surface area contributed by atoms with Crippen molar-refractivity contribution < 1.29 is 0 Å². The van der Waals surface area contributed by atoms with Crippen LogP contribution in [0, 0.1) is 0 Å². The van der Waals surface area contributed by atoms with Gasteiger partial charge < -0.3 is 0 Å². The number of rotatable bonds is 14. The molecule has 0 N–H and O–H groups in total. The second-order valence-corrected chi connectivity index (χ2v) is 39.5. The summed E-state index contributed by atoms with van der Waals surface area (Å²) < 4.78 is 15.9. The molecule has 0 bridgehead atoms. The number of hydrogen-bond acceptors (Lipinski definition) is 3. The van der Waals surface area contributed by atoms with Gasteiger partial charge in [-0.25, -0.2) is 0 Å². The molecular weight excluding hydrogens is 1760 g/mol. The molecule has 20 aromatic carbocycles. The number of fused-ring (bicyclic) bond motifs is 18. The van der Waals surface area contributed by atoms with E-state index in [0.29, 0.717) is 43.5 Å². The molecule has 0 aliphatic rings. The van der Waals surface area contributed by atoms with Gasteiger partial charge in [0.25, 0.3) is 0 Å². The molecule has 26 aromatic rings. The van der Waals surface area contributed by atoms with Gasteiger partial charge in [-0.2, -0.15) is 0 Å². The Hall–Kier alpha value is -15.2. The molecule has 0 atom stereocenters. The number of anilines is 9. The van der Waals surface area contributed by atoms with Gasteiger partial charge >= 0.3 is 710 Å². The van der Waals surface area contributed by atoms with Crippen molar-refractivity contribution in [2.45, 2.75) is 0 Å². The van der Waals surface area contributed by atoms with Crippen molar-refractivity contribution in [3.63, 3.8) is 0 Å². The van der Waals surface area contributed by atoms with Crippen LogP contribution in [-0.4, -0.2) is 57.2 Å². The maximum atomic E-state index is 2.45. The zero-order valence-electron chi connectivity index (χ0n) is 70.1. The van der Waals surface area contributed by atoms with E-state index in [4.69, 9.17) is 0 Å². The first-order valence-corrected chi connectivity index (χ1v) is 48.9. The average molecular weight is 1840 g/mol. The van der Waals surface area contributed by atoms with Crippen LogP contribution in [0.1, 0.15) is 0 Å². The van der Waals surface area contributed by atoms with E-state index in [1.165, 1.54) is 174 Å². The Morgan fingerprint density at radius 3 is 0.775 bits per heavy atom. The molecule has 0 fully saturated rings. The van der Waals surface area contributed by atoms with Crippen molar-refractivity contribution in [2.24, 2.45) is 0 Å². The number of nitrogens with zero attached hydrogens (tertiary/aromatic N) is 6. The predicted molar refractivity (Wildman–Crippen MR) is 553 cm³/mol. The van der Waals surface area contributed by atoms with E-state index in [1.54, 1.807) is 0 Å². The SMILES string of the molecule is c1ccc(-c2ccc(N(c3ccc4[se]c5ccccc5c4c3)c3ccc4c(c3)c3ccccc3n4-c3ccccc3)cc2)cc1.c1ccc(-c2ccccc2N(c2ccc3[se]c4ccccc4c3c2)c2ccc3c(c2)c2ccccc2n3-c2ccccc2)cc1.c1ccc(N(c2ccc3[se]c4ccccc4c3c2)c2ccc3c(c2)c2ccccc2n3-c2ccccc2)cc1. The van der Waals surface area contributed by atoms with Gasteiger partial charge in [-0.3, -0.25) is 0 Å². The number of aromatic nitrogens is 3. The summed E-state index contributed by atoms with van der Waals surface area (Å²) in [5.41, 5.74) is 26.0. The fourth-order valence-electron chi connectivity index (χ4n) is 19.3. The molecule has 0 amide bonds. The van der Waals surface area contributed by atoms with Crippen LogP contribution in [0.3, 0.4) is 0 Å². The van der Waals surface area contributed by atoms with E-state index < -0.39 is 0 Å². The van der Waals surface area contributed by atoms with Crippen molar-refractivity contribution in [1.29, 1.82) is 0 Å². The van der Waals surface area contributed by atoms with Crippen LogP contribution < -0.4 is 14.7 Å². The Balaban J connectivity index is 0.000000108. The number of benzene rings is 20. The Labute approximate surface area is 764 Å². The van der Waals surface area contributed by atoms with Gasteiger partial charge in [0.15, 0.2) is 0 Å². The van der Waals surface area contributed by atoms with E-state index in [-0.39, 0.29) is 0 Å². The fraction of sp³-hybridized carbons (Fsp3) is 0. The summed E-state index contributed by atoms with van der Waals surface area (Å²) in [6.07, 6.45) is 0. The third kappa shape index (κ3) is 14.1. The van der Waals surface area contributed by atoms with Gasteiger partial charge in [0.2, 0.25) is 0 Å². The van der Waals surface area contributed by atoms with E-state index in [0.717, 1.165) is 39.8 Å². The van der Waals surface area contributed by atoms with Crippen molar-refractivity contribution >= 4 is 218 Å². The minimum atomic E-state index is 0.329. The van der Waals surface area contributed by atoms with Gasteiger partial charge in [-0.1, -0.05) is 60.7 Å². The zero-order valence-corrected chi connectivity index (χ0v) is 75.2. The van der Waals surface area contributed by atoms with Crippen molar-refractivity contribution in [1.82, 2.24) is 13.7 Å². The van der Waals surface area contributed by atoms with Gasteiger partial charge in [0.1, 0.15) is 0 Å². The van der Waals surface area contributed by atoms with Gasteiger partial charge in [0, 0.05) is 0 Å². The van der Waals surface area contributed by atoms with Crippen molar-refractivity contribution in [2.75, 3.05) is 14.7 Å². The Bertz CT molecular complexity index is 8690. The quantitative estimate of drug-likeness (QED) is 0.101. The third-order valence-electron chi connectivity index (χ3n) is 25.1. The molecule has 0 saturated carbocycles. The molecule has 129 heavy (non-hydrogen) atoms. The molecule has 0 unspecified atom stereocenters. The summed E-state index contributed by atoms with van der Waals surface area (Å²) in [5.74, 6) is 0. The molecule has 0 saturated heterocycles. The summed E-state index contributed by atoms with van der Waals surface area (Å²) in [7, 11) is 0. The van der Waals surface area contributed by atoms with Crippen LogP contribution in [0.2, 0.25) is 0 Å². The molecular formula is C120H80N6Se3. The van der Waals surface area contributed by atoms with E-state index >= 15 is 0 Å². The molecule has 0 spiro atoms. The first kappa shape index (κ1) is 77.3. The molecule has 6 aromatic heterocycles. The molecule has 9 heteroatoms. The van der Waals surface area contributed by atoms with Gasteiger partial charge in [-0.05, 0) is 0 Å². The van der Waals surface area contributed by atoms with Crippen LogP contribution in [0.25, 0.3) is 163 Å². The van der Waals surface area contributed by atoms with E-state index in [9.17, 15) is 0 Å². The summed E-state index contributed by atoms with van der Waals surface area (Å²) in [6.45, 7) is 0. The minimum absolute atomic E-state index is 0.329. The molecule has 26 rings (SSSR count). The second-order valence-electron chi connectivity index (χ2n) is 32.6. The standard InChI is InChI=1S/2C42H28N2Se.C36H24N2Se/c1-3-13-29(14-4-1)33-17-7-10-20-38(33)43(32-24-26-42-37(28-32)35-19-9-12-22-41(35)45-42)31-23-25-40-36(27-31)34-18-8-11-21-39(34)44(40)30-15-5-2-6-16-30;1-3-11-29(12-4-1)30-19-21-32(22-20-30)43(34-24-26-42-38(28-34)36-16-8-10-18-41(36)45-42)33-23-25-40-37(27-33)35-15-7-9-17-39(35)44(40)31-13-5-2-6-14-31;1-3-11-25(12-4-1)37(28-20-22-36-32(24-28)30-16-8-10-18-35(30)39-36)27-19-21-34-31(23-27)29-15-7-9-17-33(29)38(34)26-13-5-2-6-14-26/h2*1-28H;1-24H. The predicted octanol–water partition coefficient (Wildman–Crippen LogP) is 32.2. The van der Waals surface area contributed by atoms with Crippen molar-refractivity contribution in [3.8, 4) is 39.3 Å². The molecule has 0 radical (unpaired) electrons. The van der Waals surface area contributed by atoms with E-state index in [1.807, 2.05) is 0 Å². The van der Waals surface area contributed by atoms with Gasteiger partial charge in [0.05, 0.1) is 0 Å². The molecule has 0 aliphatic heterocycles. The van der Waals surface area contributed by atoms with Crippen molar-refractivity contribution in [3.05, 3.63) is 485 Å². The Morgan fingerprint density at radius 1 is 0.147 bits per heavy atom. The summed E-state index contributed by atoms with van der Waals surface area (Å²) in [6, 6.07) is 177. The van der Waals surface area contributed by atoms with Crippen LogP contribution in [0.5, 0.6) is 0 Å². The van der Waals surface area contributed by atoms with Crippen LogP contribution in [-0.2, 0) is 0 Å². The van der Waals surface area contributed by atoms with Crippen LogP contribution in [0.15, 0.2) is 485 Å². The normalized spacial score (nSPS) is 11.6. The zero-order chi connectivity index (χ0) is 85.2. The third-order valence-corrected chi connectivity index (χ3v) is 32.4. The first-order chi connectivity index (χ1) is 64.0. The summed E-state index contributed by atoms with van der Waals surface area (Å²) in [5, 5.41) is 15.7. The van der Waals surface area contributed by atoms with Crippen LogP contribution >= 0.6 is 0 Å². The summed E-state index contributed by atoms with van der Waals surface area (Å²) >= 11 is 1.03. The number of para-hydroxylation sites is 8. The monoisotopic (exact) mass is 1840 g/mol. The first-order valence-electron chi connectivity index (χ1n) is 43.8. The number of hydrogen-bond donors (Lipinski definition) is 0. The molecule has 6 nitrogen and oxygen atoms in total. The topological polar surface area (TPSA) is 24.5 Å². The average Bonchev–Trinajstić information content (AvgIpc) is 1.60.